The highest BCUT2D eigenvalue weighted by Crippen LogP contribution is 2.31. The van der Waals surface area contributed by atoms with Gasteiger partial charge in [-0.15, -0.1) is 12.4 Å². The van der Waals surface area contributed by atoms with Gasteiger partial charge in [0, 0.05) is 18.5 Å². The number of amides is 1. The van der Waals surface area contributed by atoms with Crippen molar-refractivity contribution in [2.24, 2.45) is 11.1 Å². The van der Waals surface area contributed by atoms with Crippen molar-refractivity contribution in [2.45, 2.75) is 27.2 Å². The average molecular weight is 323 g/mol. The normalized spacial score (nSPS) is 21.2. The molecule has 4 nitrogen and oxygen atoms in total. The van der Waals surface area contributed by atoms with E-state index in [0.717, 1.165) is 23.9 Å². The number of nitrogens with two attached hydrogens (primary N) is 1. The SMILES string of the molecule is Cc1cc2cc(C(=O)N3CCC(C)(CN)C3)oc2cc1C.Cl. The number of furan rings is 1. The van der Waals surface area contributed by atoms with Crippen LogP contribution in [-0.2, 0) is 0 Å². The summed E-state index contributed by atoms with van der Waals surface area (Å²) in [4.78, 5) is 14.4. The van der Waals surface area contributed by atoms with Crippen molar-refractivity contribution in [1.29, 1.82) is 0 Å². The first kappa shape index (κ1) is 16.8. The summed E-state index contributed by atoms with van der Waals surface area (Å²) in [6.45, 7) is 8.31. The highest BCUT2D eigenvalue weighted by molar-refractivity contribution is 5.96. The first-order valence-corrected chi connectivity index (χ1v) is 7.42. The number of likely N-dealkylation sites (tertiary alicyclic amines) is 1. The van der Waals surface area contributed by atoms with Crippen LogP contribution in [0.25, 0.3) is 11.0 Å². The summed E-state index contributed by atoms with van der Waals surface area (Å²) in [6, 6.07) is 5.91. The van der Waals surface area contributed by atoms with E-state index in [2.05, 4.69) is 19.9 Å². The maximum atomic E-state index is 12.6. The molecule has 0 spiro atoms. The monoisotopic (exact) mass is 322 g/mol. The molecule has 2 N–H and O–H groups in total. The third-order valence-electron chi connectivity index (χ3n) is 4.68. The largest absolute Gasteiger partial charge is 0.451 e. The molecule has 1 fully saturated rings. The number of nitrogens with zero attached hydrogens (tertiary/aromatic N) is 1. The number of rotatable bonds is 2. The van der Waals surface area contributed by atoms with E-state index in [9.17, 15) is 4.79 Å². The molecule has 2 aromatic rings. The fraction of sp³-hybridized carbons (Fsp3) is 0.471. The van der Waals surface area contributed by atoms with Gasteiger partial charge >= 0.3 is 0 Å². The van der Waals surface area contributed by atoms with E-state index in [-0.39, 0.29) is 23.7 Å². The van der Waals surface area contributed by atoms with E-state index < -0.39 is 0 Å². The first-order chi connectivity index (χ1) is 9.92. The molecule has 1 saturated heterocycles. The fourth-order valence-electron chi connectivity index (χ4n) is 2.93. The molecular formula is C17H23ClN2O2. The molecule has 1 aliphatic heterocycles. The number of carbonyl (C=O) groups excluding carboxylic acids is 1. The van der Waals surface area contributed by atoms with E-state index >= 15 is 0 Å². The van der Waals surface area contributed by atoms with E-state index in [1.807, 2.05) is 24.0 Å². The van der Waals surface area contributed by atoms with Crippen molar-refractivity contribution in [3.05, 3.63) is 35.1 Å². The van der Waals surface area contributed by atoms with Crippen molar-refractivity contribution in [3.8, 4) is 0 Å². The third kappa shape index (κ3) is 2.85. The van der Waals surface area contributed by atoms with Gasteiger partial charge in [0.25, 0.3) is 5.91 Å². The Bertz CT molecular complexity index is 671. The lowest BCUT2D eigenvalue weighted by molar-refractivity contribution is 0.0747. The molecule has 22 heavy (non-hydrogen) atoms. The maximum Gasteiger partial charge on any atom is 0.289 e. The molecule has 1 aromatic heterocycles. The minimum absolute atomic E-state index is 0. The predicted octanol–water partition coefficient (Wildman–Crippen LogP) is 3.28. The molecule has 0 aliphatic carbocycles. The molecule has 0 saturated carbocycles. The summed E-state index contributed by atoms with van der Waals surface area (Å²) < 4.78 is 5.76. The summed E-state index contributed by atoms with van der Waals surface area (Å²) in [7, 11) is 0. The quantitative estimate of drug-likeness (QED) is 0.923. The summed E-state index contributed by atoms with van der Waals surface area (Å²) in [5.41, 5.74) is 9.00. The van der Waals surface area contributed by atoms with Gasteiger partial charge in [-0.1, -0.05) is 6.92 Å². The van der Waals surface area contributed by atoms with Gasteiger partial charge in [0.05, 0.1) is 0 Å². The van der Waals surface area contributed by atoms with Crippen LogP contribution in [0.4, 0.5) is 0 Å². The highest BCUT2D eigenvalue weighted by atomic mass is 35.5. The smallest absolute Gasteiger partial charge is 0.289 e. The molecule has 3 rings (SSSR count). The molecule has 5 heteroatoms. The molecule has 1 unspecified atom stereocenters. The molecule has 120 valence electrons. The second-order valence-electron chi connectivity index (χ2n) is 6.58. The van der Waals surface area contributed by atoms with E-state index in [1.54, 1.807) is 0 Å². The minimum Gasteiger partial charge on any atom is -0.451 e. The van der Waals surface area contributed by atoms with Gasteiger partial charge in [-0.05, 0) is 61.6 Å². The zero-order valence-corrected chi connectivity index (χ0v) is 14.1. The summed E-state index contributed by atoms with van der Waals surface area (Å²) in [5, 5.41) is 0.988. The van der Waals surface area contributed by atoms with E-state index in [4.69, 9.17) is 10.2 Å². The minimum atomic E-state index is -0.0290. The van der Waals surface area contributed by atoms with Crippen LogP contribution in [0.15, 0.2) is 22.6 Å². The topological polar surface area (TPSA) is 59.5 Å². The Labute approximate surface area is 137 Å². The highest BCUT2D eigenvalue weighted by Gasteiger charge is 2.36. The van der Waals surface area contributed by atoms with Gasteiger partial charge in [0.2, 0.25) is 0 Å². The Balaban J connectivity index is 0.00000176. The molecule has 2 heterocycles. The molecule has 0 radical (unpaired) electrons. The second kappa shape index (κ2) is 5.94. The van der Waals surface area contributed by atoms with Crippen LogP contribution in [-0.4, -0.2) is 30.4 Å². The van der Waals surface area contributed by atoms with Gasteiger partial charge in [-0.3, -0.25) is 4.79 Å². The summed E-state index contributed by atoms with van der Waals surface area (Å²) in [6.07, 6.45) is 0.952. The Kier molecular flexibility index (Phi) is 4.54. The van der Waals surface area contributed by atoms with Crippen molar-refractivity contribution < 1.29 is 9.21 Å². The Morgan fingerprint density at radius 3 is 2.64 bits per heavy atom. The van der Waals surface area contributed by atoms with Gasteiger partial charge in [-0.25, -0.2) is 0 Å². The van der Waals surface area contributed by atoms with Crippen molar-refractivity contribution >= 4 is 29.3 Å². The Morgan fingerprint density at radius 1 is 1.32 bits per heavy atom. The lowest BCUT2D eigenvalue weighted by atomic mass is 9.90. The molecule has 0 bridgehead atoms. The van der Waals surface area contributed by atoms with Crippen molar-refractivity contribution in [3.63, 3.8) is 0 Å². The van der Waals surface area contributed by atoms with Gasteiger partial charge in [0.15, 0.2) is 5.76 Å². The number of fused-ring (bicyclic) bond motifs is 1. The Morgan fingerprint density at radius 2 is 2.00 bits per heavy atom. The van der Waals surface area contributed by atoms with Crippen LogP contribution < -0.4 is 5.73 Å². The zero-order chi connectivity index (χ0) is 15.2. The number of hydrogen-bond acceptors (Lipinski definition) is 3. The van der Waals surface area contributed by atoms with Gasteiger partial charge in [-0.2, -0.15) is 0 Å². The van der Waals surface area contributed by atoms with Crippen LogP contribution >= 0.6 is 12.4 Å². The van der Waals surface area contributed by atoms with Crippen LogP contribution in [0.5, 0.6) is 0 Å². The third-order valence-corrected chi connectivity index (χ3v) is 4.68. The standard InChI is InChI=1S/C17H22N2O2.ClH/c1-11-6-13-8-15(21-14(13)7-12(11)2)16(20)19-5-4-17(3,9-18)10-19;/h6-8H,4-5,9-10,18H2,1-3H3;1H. The molecule has 1 aromatic carbocycles. The average Bonchev–Trinajstić information content (AvgIpc) is 3.03. The van der Waals surface area contributed by atoms with Crippen LogP contribution in [0, 0.1) is 19.3 Å². The maximum absolute atomic E-state index is 12.6. The van der Waals surface area contributed by atoms with Gasteiger partial charge in [0.1, 0.15) is 5.58 Å². The number of hydrogen-bond donors (Lipinski definition) is 1. The molecule has 1 atom stereocenters. The number of halogens is 1. The lowest BCUT2D eigenvalue weighted by Gasteiger charge is -2.21. The van der Waals surface area contributed by atoms with Crippen molar-refractivity contribution in [1.82, 2.24) is 4.90 Å². The number of aryl methyl sites for hydroxylation is 2. The summed E-state index contributed by atoms with van der Waals surface area (Å²) in [5.74, 6) is 0.398. The second-order valence-corrected chi connectivity index (χ2v) is 6.58. The summed E-state index contributed by atoms with van der Waals surface area (Å²) >= 11 is 0. The number of carbonyl (C=O) groups is 1. The fourth-order valence-corrected chi connectivity index (χ4v) is 2.93. The molecular weight excluding hydrogens is 300 g/mol. The van der Waals surface area contributed by atoms with Gasteiger partial charge < -0.3 is 15.1 Å². The van der Waals surface area contributed by atoms with E-state index in [0.29, 0.717) is 18.8 Å². The zero-order valence-electron chi connectivity index (χ0n) is 13.3. The van der Waals surface area contributed by atoms with Crippen molar-refractivity contribution in [2.75, 3.05) is 19.6 Å². The van der Waals surface area contributed by atoms with Crippen LogP contribution in [0.1, 0.15) is 35.0 Å². The predicted molar refractivity (Wildman–Crippen MR) is 90.6 cm³/mol. The van der Waals surface area contributed by atoms with Crippen LogP contribution in [0.2, 0.25) is 0 Å². The van der Waals surface area contributed by atoms with Crippen LogP contribution in [0.3, 0.4) is 0 Å². The lowest BCUT2D eigenvalue weighted by Crippen LogP contribution is -2.34. The molecule has 1 aliphatic rings. The Hall–Kier alpha value is -1.52. The number of benzene rings is 1. The van der Waals surface area contributed by atoms with E-state index in [1.165, 1.54) is 11.1 Å². The first-order valence-electron chi connectivity index (χ1n) is 7.42. The molecule has 1 amide bonds.